The number of carbonyl (C=O) groups is 1. The fourth-order valence-electron chi connectivity index (χ4n) is 2.75. The Kier molecular flexibility index (Phi) is 9.67. The average Bonchev–Trinajstić information content (AvgIpc) is 2.92. The Bertz CT molecular complexity index is 417. The molecule has 0 saturated carbocycles. The van der Waals surface area contributed by atoms with Gasteiger partial charge in [-0.25, -0.2) is 4.98 Å². The number of ether oxygens (including phenoxy) is 1. The van der Waals surface area contributed by atoms with E-state index in [2.05, 4.69) is 15.6 Å². The highest BCUT2D eigenvalue weighted by Crippen LogP contribution is 2.29. The van der Waals surface area contributed by atoms with Gasteiger partial charge in [0.25, 0.3) is 0 Å². The third-order valence-corrected chi connectivity index (χ3v) is 3.88. The van der Waals surface area contributed by atoms with E-state index in [1.54, 1.807) is 19.6 Å². The summed E-state index contributed by atoms with van der Waals surface area (Å²) >= 11 is 0. The van der Waals surface area contributed by atoms with E-state index in [4.69, 9.17) is 4.74 Å². The van der Waals surface area contributed by atoms with Gasteiger partial charge in [0.1, 0.15) is 0 Å². The lowest BCUT2D eigenvalue weighted by atomic mass is 9.78. The van der Waals surface area contributed by atoms with Crippen molar-refractivity contribution >= 4 is 30.7 Å². The molecule has 2 N–H and O–H groups in total. The van der Waals surface area contributed by atoms with E-state index in [1.807, 2.05) is 17.7 Å². The van der Waals surface area contributed by atoms with Crippen LogP contribution in [0.3, 0.4) is 0 Å². The van der Waals surface area contributed by atoms with Crippen LogP contribution in [0, 0.1) is 5.41 Å². The van der Waals surface area contributed by atoms with Crippen LogP contribution in [0.15, 0.2) is 18.7 Å². The van der Waals surface area contributed by atoms with Gasteiger partial charge in [0.15, 0.2) is 0 Å². The van der Waals surface area contributed by atoms with Crippen molar-refractivity contribution in [2.24, 2.45) is 5.41 Å². The number of nitrogens with one attached hydrogen (secondary N) is 2. The van der Waals surface area contributed by atoms with E-state index in [9.17, 15) is 4.79 Å². The summed E-state index contributed by atoms with van der Waals surface area (Å²) in [7, 11) is 1.66. The molecule has 1 unspecified atom stereocenters. The average molecular weight is 353 g/mol. The Morgan fingerprint density at radius 3 is 2.68 bits per heavy atom. The molecule has 2 rings (SSSR count). The van der Waals surface area contributed by atoms with Crippen molar-refractivity contribution in [1.29, 1.82) is 0 Å². The van der Waals surface area contributed by atoms with Crippen molar-refractivity contribution in [3.63, 3.8) is 0 Å². The molecule has 8 heteroatoms. The molecule has 0 aliphatic carbocycles. The maximum atomic E-state index is 12.6. The van der Waals surface area contributed by atoms with Gasteiger partial charge in [-0.05, 0) is 32.9 Å². The van der Waals surface area contributed by atoms with Crippen LogP contribution in [-0.4, -0.2) is 48.3 Å². The molecule has 1 aliphatic heterocycles. The normalized spacial score (nSPS) is 17.7. The summed E-state index contributed by atoms with van der Waals surface area (Å²) in [6.45, 7) is 4.96. The predicted molar refractivity (Wildman–Crippen MR) is 90.7 cm³/mol. The van der Waals surface area contributed by atoms with Gasteiger partial charge in [-0.1, -0.05) is 0 Å². The van der Waals surface area contributed by atoms with Gasteiger partial charge >= 0.3 is 0 Å². The summed E-state index contributed by atoms with van der Waals surface area (Å²) in [5.74, 6) is 0.105. The molecule has 1 amide bonds. The highest BCUT2D eigenvalue weighted by molar-refractivity contribution is 5.85. The van der Waals surface area contributed by atoms with Crippen LogP contribution >= 0.6 is 24.8 Å². The zero-order valence-electron chi connectivity index (χ0n) is 13.1. The summed E-state index contributed by atoms with van der Waals surface area (Å²) in [6, 6.07) is 0.0697. The molecule has 0 radical (unpaired) electrons. The van der Waals surface area contributed by atoms with Gasteiger partial charge in [-0.2, -0.15) is 0 Å². The number of imidazole rings is 1. The lowest BCUT2D eigenvalue weighted by Crippen LogP contribution is -2.52. The largest absolute Gasteiger partial charge is 0.384 e. The zero-order valence-corrected chi connectivity index (χ0v) is 14.7. The van der Waals surface area contributed by atoms with Gasteiger partial charge in [0.2, 0.25) is 5.91 Å². The predicted octanol–water partition coefficient (Wildman–Crippen LogP) is 1.25. The first-order valence-corrected chi connectivity index (χ1v) is 7.13. The highest BCUT2D eigenvalue weighted by Gasteiger charge is 2.39. The number of nitrogens with zero attached hydrogens (tertiary/aromatic N) is 2. The molecule has 1 aromatic heterocycles. The number of halogens is 2. The molecule has 0 spiro atoms. The Labute approximate surface area is 144 Å². The van der Waals surface area contributed by atoms with Crippen molar-refractivity contribution in [1.82, 2.24) is 20.2 Å². The first-order valence-electron chi connectivity index (χ1n) is 7.13. The lowest BCUT2D eigenvalue weighted by molar-refractivity contribution is -0.136. The summed E-state index contributed by atoms with van der Waals surface area (Å²) in [6.07, 6.45) is 7.05. The van der Waals surface area contributed by atoms with E-state index < -0.39 is 0 Å². The highest BCUT2D eigenvalue weighted by atomic mass is 35.5. The minimum absolute atomic E-state index is 0. The minimum atomic E-state index is -0.386. The number of carbonyl (C=O) groups excluding carboxylic acids is 1. The van der Waals surface area contributed by atoms with Crippen LogP contribution in [0.4, 0.5) is 0 Å². The van der Waals surface area contributed by atoms with Crippen LogP contribution in [0.2, 0.25) is 0 Å². The van der Waals surface area contributed by atoms with Crippen molar-refractivity contribution in [3.05, 3.63) is 18.7 Å². The van der Waals surface area contributed by atoms with E-state index in [-0.39, 0.29) is 42.2 Å². The smallest absolute Gasteiger partial charge is 0.228 e. The topological polar surface area (TPSA) is 68.2 Å². The van der Waals surface area contributed by atoms with Crippen LogP contribution in [0.25, 0.3) is 0 Å². The molecule has 0 aromatic carbocycles. The van der Waals surface area contributed by atoms with Crippen molar-refractivity contribution in [3.8, 4) is 0 Å². The second-order valence-electron chi connectivity index (χ2n) is 5.60. The summed E-state index contributed by atoms with van der Waals surface area (Å²) in [5, 5.41) is 6.41. The number of hydrogen-bond donors (Lipinski definition) is 2. The summed E-state index contributed by atoms with van der Waals surface area (Å²) in [5.41, 5.74) is -0.386. The summed E-state index contributed by atoms with van der Waals surface area (Å²) in [4.78, 5) is 16.6. The standard InChI is InChI=1S/C14H24N4O2.2ClH/c1-12(9-18-8-7-16-11-18)17-13(19)14(10-20-2)3-5-15-6-4-14;;/h7-8,11-12,15H,3-6,9-10H2,1-2H3,(H,17,19);2*1H. The Morgan fingerprint density at radius 1 is 1.45 bits per heavy atom. The third-order valence-electron chi connectivity index (χ3n) is 3.88. The van der Waals surface area contributed by atoms with E-state index in [0.29, 0.717) is 6.61 Å². The molecular weight excluding hydrogens is 327 g/mol. The Hall–Kier alpha value is -0.820. The molecule has 0 bridgehead atoms. The molecule has 2 heterocycles. The van der Waals surface area contributed by atoms with Gasteiger partial charge in [0.05, 0.1) is 18.3 Å². The van der Waals surface area contributed by atoms with Gasteiger partial charge in [-0.3, -0.25) is 4.79 Å². The van der Waals surface area contributed by atoms with E-state index in [0.717, 1.165) is 32.5 Å². The first-order chi connectivity index (χ1) is 9.66. The number of rotatable bonds is 6. The van der Waals surface area contributed by atoms with Gasteiger partial charge in [-0.15, -0.1) is 24.8 Å². The molecule has 1 saturated heterocycles. The van der Waals surface area contributed by atoms with E-state index >= 15 is 0 Å². The van der Waals surface area contributed by atoms with Gasteiger partial charge < -0.3 is 19.9 Å². The SMILES string of the molecule is COCC1(C(=O)NC(C)Cn2ccnc2)CCNCC1.Cl.Cl. The lowest BCUT2D eigenvalue weighted by Gasteiger charge is -2.36. The molecule has 128 valence electrons. The van der Waals surface area contributed by atoms with Crippen LogP contribution in [-0.2, 0) is 16.1 Å². The number of hydrogen-bond acceptors (Lipinski definition) is 4. The first kappa shape index (κ1) is 21.2. The molecule has 22 heavy (non-hydrogen) atoms. The number of amides is 1. The second kappa shape index (κ2) is 10.0. The van der Waals surface area contributed by atoms with Crippen molar-refractivity contribution < 1.29 is 9.53 Å². The molecule has 1 fully saturated rings. The van der Waals surface area contributed by atoms with Crippen LogP contribution in [0.1, 0.15) is 19.8 Å². The molecule has 1 aliphatic rings. The van der Waals surface area contributed by atoms with Gasteiger partial charge in [0, 0.05) is 32.1 Å². The molecule has 1 atom stereocenters. The molecule has 6 nitrogen and oxygen atoms in total. The maximum absolute atomic E-state index is 12.6. The number of aromatic nitrogens is 2. The third kappa shape index (κ3) is 5.43. The zero-order chi connectivity index (χ0) is 14.4. The Morgan fingerprint density at radius 2 is 2.14 bits per heavy atom. The summed E-state index contributed by atoms with van der Waals surface area (Å²) < 4.78 is 7.26. The monoisotopic (exact) mass is 352 g/mol. The van der Waals surface area contributed by atoms with Crippen LogP contribution < -0.4 is 10.6 Å². The van der Waals surface area contributed by atoms with Crippen LogP contribution in [0.5, 0.6) is 0 Å². The second-order valence-corrected chi connectivity index (χ2v) is 5.60. The molecule has 1 aromatic rings. The quantitative estimate of drug-likeness (QED) is 0.808. The van der Waals surface area contributed by atoms with Crippen molar-refractivity contribution in [2.45, 2.75) is 32.4 Å². The Balaban J connectivity index is 0.00000220. The fraction of sp³-hybridized carbons (Fsp3) is 0.714. The van der Waals surface area contributed by atoms with E-state index in [1.165, 1.54) is 0 Å². The minimum Gasteiger partial charge on any atom is -0.384 e. The number of piperidine rings is 1. The molecular formula is C14H26Cl2N4O2. The fourth-order valence-corrected chi connectivity index (χ4v) is 2.75. The van der Waals surface area contributed by atoms with Crippen molar-refractivity contribution in [2.75, 3.05) is 26.8 Å². The maximum Gasteiger partial charge on any atom is 0.228 e. The number of methoxy groups -OCH3 is 1.